The van der Waals surface area contributed by atoms with Gasteiger partial charge in [0.2, 0.25) is 0 Å². The van der Waals surface area contributed by atoms with Gasteiger partial charge in [0.15, 0.2) is 5.82 Å². The molecule has 1 atom stereocenters. The molecule has 1 N–H and O–H groups in total. The molecule has 1 unspecified atom stereocenters. The molecule has 2 heterocycles. The van der Waals surface area contributed by atoms with E-state index >= 15 is 0 Å². The lowest BCUT2D eigenvalue weighted by Crippen LogP contribution is -2.29. The number of nitrogens with zero attached hydrogens (tertiary/aromatic N) is 2. The highest BCUT2D eigenvalue weighted by Crippen LogP contribution is 2.42. The van der Waals surface area contributed by atoms with Gasteiger partial charge in [-0.05, 0) is 62.2 Å². The molecule has 1 amide bonds. The quantitative estimate of drug-likeness (QED) is 0.291. The molecule has 2 aromatic carbocycles. The van der Waals surface area contributed by atoms with Gasteiger partial charge < -0.3 is 19.1 Å². The van der Waals surface area contributed by atoms with Gasteiger partial charge in [0.25, 0.3) is 5.78 Å². The van der Waals surface area contributed by atoms with Crippen molar-refractivity contribution in [2.24, 2.45) is 0 Å². The number of aromatic nitrogens is 1. The van der Waals surface area contributed by atoms with Crippen LogP contribution in [-0.2, 0) is 9.59 Å². The van der Waals surface area contributed by atoms with Crippen molar-refractivity contribution in [2.75, 3.05) is 18.1 Å². The van der Waals surface area contributed by atoms with Gasteiger partial charge in [-0.3, -0.25) is 14.5 Å². The Hall–Kier alpha value is -4.07. The molecular weight excluding hydrogens is 436 g/mol. The number of hydrogen-bond acceptors (Lipinski definition) is 7. The highest BCUT2D eigenvalue weighted by atomic mass is 16.5. The van der Waals surface area contributed by atoms with E-state index in [1.807, 2.05) is 13.8 Å². The molecule has 8 nitrogen and oxygen atoms in total. The summed E-state index contributed by atoms with van der Waals surface area (Å²) in [6.07, 6.45) is 0.870. The SMILES string of the molecule is CCCOc1ccc(/C(O)=C2\C(=O)C(=O)N(c3cc(C)on3)C2c2ccc(OCC)cc2)cc1. The topological polar surface area (TPSA) is 102 Å². The summed E-state index contributed by atoms with van der Waals surface area (Å²) in [4.78, 5) is 27.5. The molecule has 1 fully saturated rings. The fourth-order valence-corrected chi connectivity index (χ4v) is 3.85. The smallest absolute Gasteiger partial charge is 0.301 e. The number of Topliss-reactive ketones (excluding diaryl/α,β-unsaturated/α-hetero) is 1. The minimum absolute atomic E-state index is 0.0305. The average Bonchev–Trinajstić information content (AvgIpc) is 3.38. The van der Waals surface area contributed by atoms with Gasteiger partial charge in [-0.2, -0.15) is 0 Å². The van der Waals surface area contributed by atoms with Crippen LogP contribution >= 0.6 is 0 Å². The zero-order valence-corrected chi connectivity index (χ0v) is 19.3. The van der Waals surface area contributed by atoms with Crippen molar-refractivity contribution in [3.05, 3.63) is 77.1 Å². The van der Waals surface area contributed by atoms with Gasteiger partial charge in [0, 0.05) is 11.6 Å². The molecule has 8 heteroatoms. The lowest BCUT2D eigenvalue weighted by atomic mass is 9.95. The molecule has 4 rings (SSSR count). The average molecular weight is 463 g/mol. The third-order valence-corrected chi connectivity index (χ3v) is 5.41. The van der Waals surface area contributed by atoms with E-state index in [4.69, 9.17) is 14.0 Å². The van der Waals surface area contributed by atoms with Crippen molar-refractivity contribution in [3.63, 3.8) is 0 Å². The van der Waals surface area contributed by atoms with Crippen LogP contribution in [0.4, 0.5) is 5.82 Å². The van der Waals surface area contributed by atoms with E-state index in [9.17, 15) is 14.7 Å². The molecule has 1 aliphatic rings. The second-order valence-corrected chi connectivity index (χ2v) is 7.84. The number of rotatable bonds is 8. The number of aryl methyl sites for hydroxylation is 1. The number of amides is 1. The van der Waals surface area contributed by atoms with Gasteiger partial charge in [-0.1, -0.05) is 24.2 Å². The van der Waals surface area contributed by atoms with Crippen LogP contribution in [0.2, 0.25) is 0 Å². The van der Waals surface area contributed by atoms with Crippen LogP contribution in [0.15, 0.2) is 64.7 Å². The number of carbonyl (C=O) groups excluding carboxylic acids is 2. The predicted octanol–water partition coefficient (Wildman–Crippen LogP) is 4.80. The maximum atomic E-state index is 13.2. The fraction of sp³-hybridized carbons (Fsp3) is 0.269. The van der Waals surface area contributed by atoms with E-state index in [1.165, 1.54) is 4.90 Å². The van der Waals surface area contributed by atoms with Crippen molar-refractivity contribution in [1.82, 2.24) is 5.16 Å². The molecule has 3 aromatic rings. The monoisotopic (exact) mass is 462 g/mol. The number of ketones is 1. The molecule has 1 aromatic heterocycles. The van der Waals surface area contributed by atoms with Crippen molar-refractivity contribution >= 4 is 23.3 Å². The molecule has 1 saturated heterocycles. The summed E-state index contributed by atoms with van der Waals surface area (Å²) in [6, 6.07) is 14.5. The molecule has 0 spiro atoms. The highest BCUT2D eigenvalue weighted by Gasteiger charge is 2.48. The van der Waals surface area contributed by atoms with E-state index in [0.717, 1.165) is 6.42 Å². The molecule has 176 valence electrons. The number of aliphatic hydroxyl groups is 1. The number of carbonyl (C=O) groups is 2. The molecule has 1 aliphatic heterocycles. The molecular formula is C26H26N2O6. The fourth-order valence-electron chi connectivity index (χ4n) is 3.85. The van der Waals surface area contributed by atoms with E-state index < -0.39 is 17.7 Å². The third-order valence-electron chi connectivity index (χ3n) is 5.41. The number of aliphatic hydroxyl groups excluding tert-OH is 1. The van der Waals surface area contributed by atoms with Gasteiger partial charge in [0.1, 0.15) is 23.0 Å². The summed E-state index contributed by atoms with van der Waals surface area (Å²) < 4.78 is 16.3. The predicted molar refractivity (Wildman–Crippen MR) is 126 cm³/mol. The van der Waals surface area contributed by atoms with Gasteiger partial charge in [0.05, 0.1) is 24.8 Å². The second-order valence-electron chi connectivity index (χ2n) is 7.84. The van der Waals surface area contributed by atoms with Crippen LogP contribution in [0.1, 0.15) is 43.2 Å². The van der Waals surface area contributed by atoms with Gasteiger partial charge >= 0.3 is 5.91 Å². The van der Waals surface area contributed by atoms with E-state index in [0.29, 0.717) is 41.6 Å². The van der Waals surface area contributed by atoms with Crippen LogP contribution in [0, 0.1) is 6.92 Å². The zero-order chi connectivity index (χ0) is 24.2. The molecule has 0 bridgehead atoms. The van der Waals surface area contributed by atoms with Crippen LogP contribution in [-0.4, -0.2) is 35.2 Å². The summed E-state index contributed by atoms with van der Waals surface area (Å²) in [5, 5.41) is 15.1. The lowest BCUT2D eigenvalue weighted by molar-refractivity contribution is -0.132. The van der Waals surface area contributed by atoms with Crippen LogP contribution in [0.25, 0.3) is 5.76 Å². The Bertz CT molecular complexity index is 1210. The Labute approximate surface area is 197 Å². The Kier molecular flexibility index (Phi) is 6.67. The van der Waals surface area contributed by atoms with Gasteiger partial charge in [-0.25, -0.2) is 0 Å². The number of ether oxygens (including phenoxy) is 2. The Morgan fingerprint density at radius 3 is 2.26 bits per heavy atom. The summed E-state index contributed by atoms with van der Waals surface area (Å²) >= 11 is 0. The molecule has 34 heavy (non-hydrogen) atoms. The zero-order valence-electron chi connectivity index (χ0n) is 19.3. The van der Waals surface area contributed by atoms with Crippen molar-refractivity contribution in [2.45, 2.75) is 33.2 Å². The molecule has 0 aliphatic carbocycles. The highest BCUT2D eigenvalue weighted by molar-refractivity contribution is 6.51. The summed E-state index contributed by atoms with van der Waals surface area (Å²) in [5.41, 5.74) is 0.985. The van der Waals surface area contributed by atoms with Crippen molar-refractivity contribution in [1.29, 1.82) is 0 Å². The standard InChI is InChI=1S/C26H26N2O6/c1-4-14-33-20-12-8-18(9-13-20)24(29)22-23(17-6-10-19(11-7-17)32-5-2)28(26(31)25(22)30)21-15-16(3)34-27-21/h6-13,15,23,29H,4-5,14H2,1-3H3/b24-22+. The van der Waals surface area contributed by atoms with E-state index in [-0.39, 0.29) is 17.2 Å². The normalized spacial score (nSPS) is 17.3. The number of anilines is 1. The minimum atomic E-state index is -0.892. The minimum Gasteiger partial charge on any atom is -0.507 e. The summed E-state index contributed by atoms with van der Waals surface area (Å²) in [5.74, 6) is 0.121. The maximum Gasteiger partial charge on any atom is 0.301 e. The van der Waals surface area contributed by atoms with Crippen LogP contribution < -0.4 is 14.4 Å². The molecule has 0 saturated carbocycles. The molecule has 0 radical (unpaired) electrons. The van der Waals surface area contributed by atoms with E-state index in [2.05, 4.69) is 5.16 Å². The number of benzene rings is 2. The second kappa shape index (κ2) is 9.82. The van der Waals surface area contributed by atoms with E-state index in [1.54, 1.807) is 61.5 Å². The van der Waals surface area contributed by atoms with Crippen molar-refractivity contribution in [3.8, 4) is 11.5 Å². The largest absolute Gasteiger partial charge is 0.507 e. The van der Waals surface area contributed by atoms with Gasteiger partial charge in [-0.15, -0.1) is 0 Å². The first kappa shape index (κ1) is 23.1. The first-order valence-corrected chi connectivity index (χ1v) is 11.1. The lowest BCUT2D eigenvalue weighted by Gasteiger charge is -2.23. The first-order valence-electron chi connectivity index (χ1n) is 11.1. The Morgan fingerprint density at radius 2 is 1.68 bits per heavy atom. The first-order chi connectivity index (χ1) is 16.4. The summed E-state index contributed by atoms with van der Waals surface area (Å²) in [7, 11) is 0. The maximum absolute atomic E-state index is 13.2. The van der Waals surface area contributed by atoms with Crippen LogP contribution in [0.5, 0.6) is 11.5 Å². The van der Waals surface area contributed by atoms with Crippen molar-refractivity contribution < 1.29 is 28.7 Å². The number of hydrogen-bond donors (Lipinski definition) is 1. The Balaban J connectivity index is 1.81. The summed E-state index contributed by atoms with van der Waals surface area (Å²) in [6.45, 7) is 6.67. The Morgan fingerprint density at radius 1 is 1.03 bits per heavy atom. The van der Waals surface area contributed by atoms with Crippen LogP contribution in [0.3, 0.4) is 0 Å². The third kappa shape index (κ3) is 4.39.